The zero-order valence-corrected chi connectivity index (χ0v) is 18.1. The van der Waals surface area contributed by atoms with Crippen molar-refractivity contribution in [3.63, 3.8) is 0 Å². The lowest BCUT2D eigenvalue weighted by atomic mass is 10.2. The van der Waals surface area contributed by atoms with Gasteiger partial charge in [-0.05, 0) is 19.1 Å². The number of carbonyl (C=O) groups excluding carboxylic acids is 1. The molecule has 6 nitrogen and oxygen atoms in total. The Morgan fingerprint density at radius 3 is 2.30 bits per heavy atom. The molecule has 0 radical (unpaired) electrons. The van der Waals surface area contributed by atoms with Crippen LogP contribution in [0.25, 0.3) is 0 Å². The molecule has 0 fully saturated rings. The number of benzene rings is 1. The second kappa shape index (κ2) is 8.66. The summed E-state index contributed by atoms with van der Waals surface area (Å²) in [5.41, 5.74) is -0.642. The SMILES string of the molecule is Cc1c(Cl)c(C(F)(F)F)nn1CC(=O)Nc1nn(Cc2c(Cl)cccc2Cl)cc1Cl. The molecular weight excluding hydrogens is 489 g/mol. The second-order valence-electron chi connectivity index (χ2n) is 6.18. The van der Waals surface area contributed by atoms with Gasteiger partial charge in [-0.2, -0.15) is 23.4 Å². The number of nitrogens with one attached hydrogen (secondary N) is 1. The number of carbonyl (C=O) groups is 1. The highest BCUT2D eigenvalue weighted by Gasteiger charge is 2.38. The topological polar surface area (TPSA) is 64.7 Å². The number of hydrogen-bond donors (Lipinski definition) is 1. The smallest absolute Gasteiger partial charge is 0.306 e. The number of alkyl halides is 3. The normalized spacial score (nSPS) is 11.7. The molecule has 0 bridgehead atoms. The van der Waals surface area contributed by atoms with Crippen LogP contribution in [-0.2, 0) is 24.1 Å². The number of anilines is 1. The van der Waals surface area contributed by atoms with Crippen LogP contribution < -0.4 is 5.32 Å². The summed E-state index contributed by atoms with van der Waals surface area (Å²) in [6.45, 7) is 1.00. The van der Waals surface area contributed by atoms with E-state index in [1.807, 2.05) is 0 Å². The van der Waals surface area contributed by atoms with Crippen LogP contribution in [0.4, 0.5) is 19.0 Å². The maximum absolute atomic E-state index is 12.9. The van der Waals surface area contributed by atoms with Crippen LogP contribution >= 0.6 is 46.4 Å². The first-order valence-corrected chi connectivity index (χ1v) is 9.74. The maximum Gasteiger partial charge on any atom is 0.436 e. The Morgan fingerprint density at radius 2 is 1.73 bits per heavy atom. The third-order valence-corrected chi connectivity index (χ3v) is 5.49. The number of amides is 1. The van der Waals surface area contributed by atoms with E-state index in [1.54, 1.807) is 18.2 Å². The van der Waals surface area contributed by atoms with E-state index in [1.165, 1.54) is 17.8 Å². The van der Waals surface area contributed by atoms with Crippen LogP contribution in [0.2, 0.25) is 20.1 Å². The Hall–Kier alpha value is -1.94. The molecule has 0 aliphatic carbocycles. The Kier molecular flexibility index (Phi) is 6.57. The van der Waals surface area contributed by atoms with Gasteiger partial charge in [0.1, 0.15) is 11.6 Å². The minimum Gasteiger partial charge on any atom is -0.306 e. The molecule has 0 unspecified atom stereocenters. The Balaban J connectivity index is 1.74. The highest BCUT2D eigenvalue weighted by molar-refractivity contribution is 6.36. The lowest BCUT2D eigenvalue weighted by molar-refractivity contribution is -0.141. The van der Waals surface area contributed by atoms with Crippen molar-refractivity contribution in [2.75, 3.05) is 5.32 Å². The minimum atomic E-state index is -4.73. The van der Waals surface area contributed by atoms with Crippen molar-refractivity contribution in [2.45, 2.75) is 26.2 Å². The quantitative estimate of drug-likeness (QED) is 0.488. The molecule has 0 spiro atoms. The summed E-state index contributed by atoms with van der Waals surface area (Å²) in [6, 6.07) is 5.04. The fourth-order valence-electron chi connectivity index (χ4n) is 2.58. The van der Waals surface area contributed by atoms with Gasteiger partial charge in [0, 0.05) is 21.8 Å². The van der Waals surface area contributed by atoms with E-state index in [-0.39, 0.29) is 23.1 Å². The third-order valence-electron chi connectivity index (χ3n) is 4.05. The zero-order valence-electron chi connectivity index (χ0n) is 15.1. The summed E-state index contributed by atoms with van der Waals surface area (Å²) in [5.74, 6) is -0.661. The Bertz CT molecular complexity index is 1090. The summed E-state index contributed by atoms with van der Waals surface area (Å²) in [5, 5.41) is 10.4. The average Bonchev–Trinajstić information content (AvgIpc) is 3.12. The molecule has 1 amide bonds. The van der Waals surface area contributed by atoms with Crippen molar-refractivity contribution in [1.82, 2.24) is 19.6 Å². The molecule has 0 saturated carbocycles. The van der Waals surface area contributed by atoms with Gasteiger partial charge in [-0.1, -0.05) is 52.5 Å². The number of halogens is 7. The maximum atomic E-state index is 12.9. The minimum absolute atomic E-state index is 0.00382. The van der Waals surface area contributed by atoms with Crippen LogP contribution in [0.3, 0.4) is 0 Å². The molecule has 0 saturated heterocycles. The van der Waals surface area contributed by atoms with Gasteiger partial charge in [0.25, 0.3) is 0 Å². The van der Waals surface area contributed by atoms with E-state index in [2.05, 4.69) is 15.5 Å². The summed E-state index contributed by atoms with van der Waals surface area (Å²) in [7, 11) is 0. The van der Waals surface area contributed by atoms with Crippen molar-refractivity contribution < 1.29 is 18.0 Å². The fourth-order valence-corrected chi connectivity index (χ4v) is 3.53. The molecular formula is C17H12Cl4F3N5O. The molecule has 3 rings (SSSR count). The van der Waals surface area contributed by atoms with Crippen LogP contribution in [0.5, 0.6) is 0 Å². The van der Waals surface area contributed by atoms with Gasteiger partial charge >= 0.3 is 6.18 Å². The predicted octanol–water partition coefficient (Wildman–Crippen LogP) is 5.71. The molecule has 2 heterocycles. The first-order valence-electron chi connectivity index (χ1n) is 8.23. The van der Waals surface area contributed by atoms with Crippen molar-refractivity contribution in [3.8, 4) is 0 Å². The monoisotopic (exact) mass is 499 g/mol. The first kappa shape index (κ1) is 22.7. The molecule has 1 N–H and O–H groups in total. The summed E-state index contributed by atoms with van der Waals surface area (Å²) >= 11 is 24.0. The van der Waals surface area contributed by atoms with E-state index in [4.69, 9.17) is 46.4 Å². The van der Waals surface area contributed by atoms with Crippen molar-refractivity contribution in [3.05, 3.63) is 61.4 Å². The van der Waals surface area contributed by atoms with E-state index >= 15 is 0 Å². The summed E-state index contributed by atoms with van der Waals surface area (Å²) in [6.07, 6.45) is -3.28. The van der Waals surface area contributed by atoms with Crippen LogP contribution in [0.1, 0.15) is 17.0 Å². The van der Waals surface area contributed by atoms with E-state index in [0.29, 0.717) is 15.6 Å². The van der Waals surface area contributed by atoms with Gasteiger partial charge in [-0.25, -0.2) is 0 Å². The van der Waals surface area contributed by atoms with Crippen molar-refractivity contribution >= 4 is 58.1 Å². The molecule has 13 heteroatoms. The molecule has 3 aromatic rings. The van der Waals surface area contributed by atoms with Crippen LogP contribution in [-0.4, -0.2) is 25.5 Å². The highest BCUT2D eigenvalue weighted by atomic mass is 35.5. The van der Waals surface area contributed by atoms with Gasteiger partial charge in [0.05, 0.1) is 17.3 Å². The lowest BCUT2D eigenvalue weighted by Gasteiger charge is -2.07. The fraction of sp³-hybridized carbons (Fsp3) is 0.235. The van der Waals surface area contributed by atoms with Gasteiger partial charge in [-0.15, -0.1) is 0 Å². The molecule has 2 aromatic heterocycles. The first-order chi connectivity index (χ1) is 14.0. The van der Waals surface area contributed by atoms with Crippen LogP contribution in [0.15, 0.2) is 24.4 Å². The van der Waals surface area contributed by atoms with Gasteiger partial charge in [0.2, 0.25) is 5.91 Å². The highest BCUT2D eigenvalue weighted by Crippen LogP contribution is 2.35. The van der Waals surface area contributed by atoms with E-state index < -0.39 is 29.3 Å². The number of nitrogens with zero attached hydrogens (tertiary/aromatic N) is 4. The van der Waals surface area contributed by atoms with Gasteiger partial charge in [-0.3, -0.25) is 14.2 Å². The number of hydrogen-bond acceptors (Lipinski definition) is 3. The Labute approximate surface area is 188 Å². The van der Waals surface area contributed by atoms with Crippen LogP contribution in [0, 0.1) is 6.92 Å². The Morgan fingerprint density at radius 1 is 1.10 bits per heavy atom. The average molecular weight is 501 g/mol. The number of rotatable bonds is 5. The van der Waals surface area contributed by atoms with Gasteiger partial charge < -0.3 is 5.32 Å². The van der Waals surface area contributed by atoms with Crippen molar-refractivity contribution in [2.24, 2.45) is 0 Å². The molecule has 0 aliphatic heterocycles. The van der Waals surface area contributed by atoms with Gasteiger partial charge in [0.15, 0.2) is 11.5 Å². The molecule has 160 valence electrons. The number of aromatic nitrogens is 4. The zero-order chi connectivity index (χ0) is 22.2. The molecule has 1 aromatic carbocycles. The molecule has 0 atom stereocenters. The molecule has 30 heavy (non-hydrogen) atoms. The summed E-state index contributed by atoms with van der Waals surface area (Å²) < 4.78 is 41.0. The van der Waals surface area contributed by atoms with E-state index in [9.17, 15) is 18.0 Å². The lowest BCUT2D eigenvalue weighted by Crippen LogP contribution is -2.21. The predicted molar refractivity (Wildman–Crippen MR) is 108 cm³/mol. The standard InChI is InChI=1S/C17H12Cl4F3N5O/c1-8-14(21)15(17(22,23)24)26-29(8)7-13(30)25-16-12(20)6-28(27-16)5-9-10(18)3-2-4-11(9)19/h2-4,6H,5,7H2,1H3,(H,25,27,30). The third kappa shape index (κ3) is 4.85. The molecule has 0 aliphatic rings. The van der Waals surface area contributed by atoms with Crippen molar-refractivity contribution in [1.29, 1.82) is 0 Å². The largest absolute Gasteiger partial charge is 0.436 e. The summed E-state index contributed by atoms with van der Waals surface area (Å²) in [4.78, 5) is 12.3. The second-order valence-corrected chi connectivity index (χ2v) is 7.77. The van der Waals surface area contributed by atoms with E-state index in [0.717, 1.165) is 4.68 Å².